The molecule has 2 unspecified atom stereocenters. The summed E-state index contributed by atoms with van der Waals surface area (Å²) in [4.78, 5) is 33.9. The zero-order chi connectivity index (χ0) is 43.2. The lowest BCUT2D eigenvalue weighted by atomic mass is 10.1. The lowest BCUT2D eigenvalue weighted by Crippen LogP contribution is -2.27. The van der Waals surface area contributed by atoms with Gasteiger partial charge in [-0.2, -0.15) is 0 Å². The van der Waals surface area contributed by atoms with Crippen molar-refractivity contribution >= 4 is 19.7 Å². The van der Waals surface area contributed by atoms with Crippen molar-refractivity contribution in [1.82, 2.24) is 5.32 Å². The molecule has 10 heteroatoms. The van der Waals surface area contributed by atoms with Crippen LogP contribution in [0.3, 0.4) is 0 Å². The van der Waals surface area contributed by atoms with E-state index in [1.807, 2.05) is 0 Å². The number of amides is 1. The van der Waals surface area contributed by atoms with Gasteiger partial charge >= 0.3 is 13.8 Å². The Morgan fingerprint density at radius 3 is 1.41 bits per heavy atom. The molecule has 1 amide bonds. The van der Waals surface area contributed by atoms with Gasteiger partial charge in [-0.3, -0.25) is 18.6 Å². The Balaban J connectivity index is 3.76. The maximum absolute atomic E-state index is 12.1. The smallest absolute Gasteiger partial charge is 0.463 e. The molecule has 0 saturated heterocycles. The van der Waals surface area contributed by atoms with E-state index >= 15 is 0 Å². The second-order valence-electron chi connectivity index (χ2n) is 13.9. The third-order valence-corrected chi connectivity index (χ3v) is 9.37. The highest BCUT2D eigenvalue weighted by Crippen LogP contribution is 2.42. The number of esters is 1. The summed E-state index contributed by atoms with van der Waals surface area (Å²) in [6.07, 6.45) is 59.9. The number of aliphatic hydroxyl groups excluding tert-OH is 1. The number of unbranched alkanes of at least 4 members (excludes halogenated alkanes) is 6. The fourth-order valence-electron chi connectivity index (χ4n) is 5.15. The van der Waals surface area contributed by atoms with Crippen molar-refractivity contribution in [2.45, 2.75) is 148 Å². The van der Waals surface area contributed by atoms with Crippen LogP contribution in [0.1, 0.15) is 142 Å². The maximum atomic E-state index is 12.1. The van der Waals surface area contributed by atoms with Gasteiger partial charge in [0.05, 0.1) is 13.2 Å². The van der Waals surface area contributed by atoms with E-state index in [9.17, 15) is 24.2 Å². The number of ether oxygens (including phenoxy) is 1. The molecule has 59 heavy (non-hydrogen) atoms. The first-order chi connectivity index (χ1) is 28.8. The van der Waals surface area contributed by atoms with Gasteiger partial charge in [0, 0.05) is 19.4 Å². The number of rotatable bonds is 39. The molecule has 0 aliphatic carbocycles. The Hall–Kier alpha value is -3.59. The van der Waals surface area contributed by atoms with E-state index in [4.69, 9.17) is 13.8 Å². The molecule has 332 valence electrons. The van der Waals surface area contributed by atoms with Crippen LogP contribution in [0.4, 0.5) is 0 Å². The Kier molecular flexibility index (Phi) is 41.3. The van der Waals surface area contributed by atoms with Crippen molar-refractivity contribution < 1.29 is 37.9 Å². The molecule has 3 N–H and O–H groups in total. The first kappa shape index (κ1) is 55.4. The first-order valence-electron chi connectivity index (χ1n) is 22.0. The minimum atomic E-state index is -4.45. The molecular formula is C49H78NO8P. The molecule has 0 bridgehead atoms. The highest BCUT2D eigenvalue weighted by molar-refractivity contribution is 7.47. The second-order valence-corrected chi connectivity index (χ2v) is 15.4. The lowest BCUT2D eigenvalue weighted by molar-refractivity contribution is -0.147. The average molecular weight is 840 g/mol. The van der Waals surface area contributed by atoms with Crippen molar-refractivity contribution in [3.63, 3.8) is 0 Å². The third kappa shape index (κ3) is 45.3. The number of phosphoric acid groups is 1. The van der Waals surface area contributed by atoms with Crippen LogP contribution in [-0.4, -0.2) is 54.3 Å². The van der Waals surface area contributed by atoms with Gasteiger partial charge in [-0.25, -0.2) is 4.57 Å². The minimum absolute atomic E-state index is 0.0396. The normalized spacial score (nSPS) is 14.4. The number of carbonyl (C=O) groups is 2. The van der Waals surface area contributed by atoms with Crippen molar-refractivity contribution in [2.24, 2.45) is 0 Å². The number of carbonyl (C=O) groups excluding carboxylic acids is 2. The molecule has 0 rings (SSSR count). The average Bonchev–Trinajstić information content (AvgIpc) is 3.22. The van der Waals surface area contributed by atoms with Gasteiger partial charge in [0.1, 0.15) is 12.7 Å². The molecule has 0 aromatic heterocycles. The summed E-state index contributed by atoms with van der Waals surface area (Å²) in [5.74, 6) is -0.607. The summed E-state index contributed by atoms with van der Waals surface area (Å²) in [5, 5.41) is 12.7. The zero-order valence-corrected chi connectivity index (χ0v) is 37.3. The number of nitrogens with one attached hydrogen (secondary N) is 1. The van der Waals surface area contributed by atoms with E-state index in [0.29, 0.717) is 19.3 Å². The second kappa shape index (κ2) is 44.0. The van der Waals surface area contributed by atoms with Crippen LogP contribution in [0.2, 0.25) is 0 Å². The molecule has 9 nitrogen and oxygen atoms in total. The molecule has 0 aromatic carbocycles. The predicted octanol–water partition coefficient (Wildman–Crippen LogP) is 12.5. The van der Waals surface area contributed by atoms with Crippen LogP contribution in [0.15, 0.2) is 122 Å². The van der Waals surface area contributed by atoms with Gasteiger partial charge in [-0.05, 0) is 96.3 Å². The van der Waals surface area contributed by atoms with Crippen molar-refractivity contribution in [3.05, 3.63) is 122 Å². The highest BCUT2D eigenvalue weighted by atomic mass is 31.2. The van der Waals surface area contributed by atoms with Crippen LogP contribution < -0.4 is 5.32 Å². The quantitative estimate of drug-likeness (QED) is 0.0241. The Labute approximate surface area is 358 Å². The van der Waals surface area contributed by atoms with E-state index in [-0.39, 0.29) is 32.1 Å². The van der Waals surface area contributed by atoms with E-state index in [1.165, 1.54) is 0 Å². The largest absolute Gasteiger partial charge is 0.472 e. The fraction of sp³-hybridized carbons (Fsp3) is 0.551. The van der Waals surface area contributed by atoms with Crippen LogP contribution in [0.5, 0.6) is 0 Å². The number of hydrogen-bond donors (Lipinski definition) is 3. The standard InChI is InChI=1S/C49H78NO8P/c1-3-5-7-9-11-13-15-17-19-20-21-22-23-24-25-26-28-29-31-33-35-37-39-41-48(52)50-43-44-57-59(54,55)58-46-47(51)45-56-49(53)42-40-38-36-34-32-30-27-18-16-14-12-10-8-6-4-2/h5-8,11-14,17-19,21-22,24-25,27-29,33,35,47,51H,3-4,9-10,15-16,20,23,26,30-32,34,36-46H2,1-2H3,(H,50,52)(H,54,55)/b7-5-,8-6-,13-11-,14-12-,19-17-,22-21-,25-24-,27-18-,29-28-,35-33-. The highest BCUT2D eigenvalue weighted by Gasteiger charge is 2.23. The molecule has 0 radical (unpaired) electrons. The third-order valence-electron chi connectivity index (χ3n) is 8.39. The predicted molar refractivity (Wildman–Crippen MR) is 247 cm³/mol. The van der Waals surface area contributed by atoms with Crippen LogP contribution in [0.25, 0.3) is 0 Å². The Bertz CT molecular complexity index is 1370. The number of phosphoric ester groups is 1. The van der Waals surface area contributed by atoms with Gasteiger partial charge in [0.25, 0.3) is 0 Å². The maximum Gasteiger partial charge on any atom is 0.472 e. The molecule has 0 fully saturated rings. The summed E-state index contributed by atoms with van der Waals surface area (Å²) >= 11 is 0. The van der Waals surface area contributed by atoms with Crippen molar-refractivity contribution in [3.8, 4) is 0 Å². The summed E-state index contributed by atoms with van der Waals surface area (Å²) in [5.41, 5.74) is 0. The zero-order valence-electron chi connectivity index (χ0n) is 36.4. The Morgan fingerprint density at radius 2 is 0.932 bits per heavy atom. The molecule has 0 aromatic rings. The minimum Gasteiger partial charge on any atom is -0.463 e. The van der Waals surface area contributed by atoms with Gasteiger partial charge in [0.15, 0.2) is 0 Å². The number of aliphatic hydroxyl groups is 1. The molecular weight excluding hydrogens is 762 g/mol. The summed E-state index contributed by atoms with van der Waals surface area (Å²) in [6, 6.07) is 0. The summed E-state index contributed by atoms with van der Waals surface area (Å²) < 4.78 is 26.8. The Morgan fingerprint density at radius 1 is 0.525 bits per heavy atom. The van der Waals surface area contributed by atoms with E-state index < -0.39 is 26.5 Å². The van der Waals surface area contributed by atoms with Crippen molar-refractivity contribution in [2.75, 3.05) is 26.4 Å². The van der Waals surface area contributed by atoms with Crippen molar-refractivity contribution in [1.29, 1.82) is 0 Å². The van der Waals surface area contributed by atoms with E-state index in [0.717, 1.165) is 103 Å². The first-order valence-corrected chi connectivity index (χ1v) is 23.5. The molecule has 0 saturated carbocycles. The van der Waals surface area contributed by atoms with Gasteiger partial charge in [-0.1, -0.05) is 155 Å². The van der Waals surface area contributed by atoms with Gasteiger partial charge < -0.3 is 20.1 Å². The van der Waals surface area contributed by atoms with Crippen LogP contribution in [0, 0.1) is 0 Å². The molecule has 2 atom stereocenters. The van der Waals surface area contributed by atoms with E-state index in [1.54, 1.807) is 0 Å². The number of hydrogen-bond acceptors (Lipinski definition) is 7. The molecule has 0 spiro atoms. The summed E-state index contributed by atoms with van der Waals surface area (Å²) in [7, 11) is -4.45. The van der Waals surface area contributed by atoms with Crippen LogP contribution >= 0.6 is 7.82 Å². The van der Waals surface area contributed by atoms with E-state index in [2.05, 4.69) is 141 Å². The monoisotopic (exact) mass is 840 g/mol. The van der Waals surface area contributed by atoms with Crippen LogP contribution in [-0.2, 0) is 27.9 Å². The molecule has 0 aliphatic rings. The lowest BCUT2D eigenvalue weighted by Gasteiger charge is -2.15. The van der Waals surface area contributed by atoms with Gasteiger partial charge in [-0.15, -0.1) is 0 Å². The van der Waals surface area contributed by atoms with Gasteiger partial charge in [0.2, 0.25) is 5.91 Å². The fourth-order valence-corrected chi connectivity index (χ4v) is 5.90. The topological polar surface area (TPSA) is 131 Å². The summed E-state index contributed by atoms with van der Waals surface area (Å²) in [6.45, 7) is 3.20. The molecule has 0 heterocycles. The molecule has 0 aliphatic heterocycles. The SMILES string of the molecule is CC/C=C\C/C=C\C/C=C\C/C=C\C/C=C\C/C=C\C/C=C\CCCC(=O)NCCOP(=O)(O)OCC(O)COC(=O)CCCCCCC/C=C\C/C=C\C/C=C\CC. The number of allylic oxidation sites excluding steroid dienone is 20.